The fraction of sp³-hybridized carbons (Fsp3) is 0.333. The minimum absolute atomic E-state index is 0.118. The number of aliphatic hydroxyl groups excluding tert-OH is 1. The van der Waals surface area contributed by atoms with Crippen LogP contribution in [-0.4, -0.2) is 35.4 Å². The zero-order valence-electron chi connectivity index (χ0n) is 17.5. The Morgan fingerprint density at radius 1 is 1.16 bits per heavy atom. The maximum absolute atomic E-state index is 13.3. The molecule has 1 aromatic carbocycles. The predicted molar refractivity (Wildman–Crippen MR) is 118 cm³/mol. The number of fused-ring (bicyclic) bond motifs is 1. The summed E-state index contributed by atoms with van der Waals surface area (Å²) in [6.07, 6.45) is 0.299. The molecule has 162 valence electrons. The summed E-state index contributed by atoms with van der Waals surface area (Å²) < 4.78 is 10.2. The summed E-state index contributed by atoms with van der Waals surface area (Å²) in [7, 11) is 1.57. The third-order valence-electron chi connectivity index (χ3n) is 4.90. The molecular weight excluding hydrogens is 418 g/mol. The van der Waals surface area contributed by atoms with Gasteiger partial charge in [0.25, 0.3) is 5.56 Å². The van der Waals surface area contributed by atoms with Gasteiger partial charge in [-0.15, -0.1) is 11.3 Å². The summed E-state index contributed by atoms with van der Waals surface area (Å²) in [4.78, 5) is 35.0. The van der Waals surface area contributed by atoms with Crippen molar-refractivity contribution in [2.75, 3.05) is 6.61 Å². The number of hydrogen-bond donors (Lipinski definition) is 1. The molecule has 0 radical (unpaired) electrons. The average molecular weight is 442 g/mol. The van der Waals surface area contributed by atoms with Gasteiger partial charge in [-0.1, -0.05) is 12.1 Å². The van der Waals surface area contributed by atoms with Crippen LogP contribution in [0, 0.1) is 13.8 Å². The summed E-state index contributed by atoms with van der Waals surface area (Å²) in [5.74, 6) is 0.581. The van der Waals surface area contributed by atoms with Gasteiger partial charge in [0.05, 0.1) is 6.54 Å². The first kappa shape index (κ1) is 21.0. The number of rotatable bonds is 7. The van der Waals surface area contributed by atoms with Crippen LogP contribution in [0.1, 0.15) is 22.7 Å². The van der Waals surface area contributed by atoms with Crippen LogP contribution in [0.15, 0.2) is 39.2 Å². The van der Waals surface area contributed by atoms with Crippen molar-refractivity contribution in [3.63, 3.8) is 0 Å². The highest BCUT2D eigenvalue weighted by atomic mass is 32.1. The van der Waals surface area contributed by atoms with Crippen molar-refractivity contribution in [1.29, 1.82) is 0 Å². The number of imidazole rings is 1. The first-order valence-electron chi connectivity index (χ1n) is 9.85. The van der Waals surface area contributed by atoms with E-state index >= 15 is 0 Å². The van der Waals surface area contributed by atoms with E-state index in [9.17, 15) is 9.59 Å². The lowest BCUT2D eigenvalue weighted by atomic mass is 10.2. The molecule has 3 heterocycles. The number of aliphatic hydroxyl groups is 1. The molecule has 0 spiro atoms. The standard InChI is InChI=1S/C21H23N5O4S/c1-13-6-4-7-15(10-13)30-20-23-18-17(26(20)11-16-22-14(2)12-31-16)19(28)25(8-5-9-27)21(29)24(18)3/h4,6-7,10,12,27H,5,8-9,11H2,1-3H3. The Kier molecular flexibility index (Phi) is 5.75. The fourth-order valence-corrected chi connectivity index (χ4v) is 4.16. The molecule has 0 unspecified atom stereocenters. The highest BCUT2D eigenvalue weighted by Gasteiger charge is 2.22. The first-order valence-corrected chi connectivity index (χ1v) is 10.7. The summed E-state index contributed by atoms with van der Waals surface area (Å²) in [5, 5.41) is 11.9. The van der Waals surface area contributed by atoms with Gasteiger partial charge in [-0.25, -0.2) is 9.78 Å². The Morgan fingerprint density at radius 3 is 2.65 bits per heavy atom. The second-order valence-electron chi connectivity index (χ2n) is 7.33. The lowest BCUT2D eigenvalue weighted by molar-refractivity contribution is 0.277. The zero-order valence-corrected chi connectivity index (χ0v) is 18.3. The van der Waals surface area contributed by atoms with Crippen molar-refractivity contribution in [2.45, 2.75) is 33.4 Å². The Bertz CT molecular complexity index is 1360. The summed E-state index contributed by atoms with van der Waals surface area (Å²) in [5.41, 5.74) is 1.46. The number of aromatic nitrogens is 5. The van der Waals surface area contributed by atoms with E-state index in [0.717, 1.165) is 20.8 Å². The number of aryl methyl sites for hydroxylation is 3. The highest BCUT2D eigenvalue weighted by molar-refractivity contribution is 7.09. The first-order chi connectivity index (χ1) is 14.9. The SMILES string of the molecule is Cc1cccc(Oc2nc3c(c(=O)n(CCCO)c(=O)n3C)n2Cc2nc(C)cs2)c1. The zero-order chi connectivity index (χ0) is 22.1. The Balaban J connectivity index is 1.94. The fourth-order valence-electron chi connectivity index (χ4n) is 3.40. The van der Waals surface area contributed by atoms with Crippen molar-refractivity contribution in [2.24, 2.45) is 7.05 Å². The molecule has 0 aliphatic rings. The molecule has 0 atom stereocenters. The van der Waals surface area contributed by atoms with Crippen LogP contribution in [0.2, 0.25) is 0 Å². The van der Waals surface area contributed by atoms with Crippen molar-refractivity contribution in [1.82, 2.24) is 23.7 Å². The van der Waals surface area contributed by atoms with Crippen LogP contribution < -0.4 is 16.0 Å². The maximum atomic E-state index is 13.3. The Morgan fingerprint density at radius 2 is 1.97 bits per heavy atom. The molecule has 4 aromatic rings. The molecule has 0 aliphatic heterocycles. The third kappa shape index (κ3) is 4.04. The van der Waals surface area contributed by atoms with E-state index < -0.39 is 11.2 Å². The van der Waals surface area contributed by atoms with Gasteiger partial charge in [0.2, 0.25) is 0 Å². The van der Waals surface area contributed by atoms with Crippen molar-refractivity contribution in [3.8, 4) is 11.8 Å². The van der Waals surface area contributed by atoms with Crippen LogP contribution in [0.25, 0.3) is 11.2 Å². The maximum Gasteiger partial charge on any atom is 0.332 e. The Labute approximate surface area is 181 Å². The normalized spacial score (nSPS) is 11.4. The molecule has 0 aliphatic carbocycles. The summed E-state index contributed by atoms with van der Waals surface area (Å²) >= 11 is 1.48. The minimum Gasteiger partial charge on any atom is -0.425 e. The van der Waals surface area contributed by atoms with E-state index in [1.807, 2.05) is 43.5 Å². The van der Waals surface area contributed by atoms with Crippen LogP contribution in [-0.2, 0) is 20.1 Å². The second-order valence-corrected chi connectivity index (χ2v) is 8.27. The van der Waals surface area contributed by atoms with Gasteiger partial charge in [0.1, 0.15) is 10.8 Å². The second kappa shape index (κ2) is 8.48. The third-order valence-corrected chi connectivity index (χ3v) is 5.85. The van der Waals surface area contributed by atoms with Gasteiger partial charge >= 0.3 is 11.7 Å². The topological polar surface area (TPSA) is 104 Å². The lowest BCUT2D eigenvalue weighted by Crippen LogP contribution is -2.39. The van der Waals surface area contributed by atoms with Crippen molar-refractivity contribution in [3.05, 3.63) is 66.7 Å². The molecule has 0 saturated carbocycles. The van der Waals surface area contributed by atoms with Crippen LogP contribution in [0.5, 0.6) is 11.8 Å². The van der Waals surface area contributed by atoms with E-state index in [-0.39, 0.29) is 36.9 Å². The molecule has 3 aromatic heterocycles. The monoisotopic (exact) mass is 441 g/mol. The molecule has 31 heavy (non-hydrogen) atoms. The smallest absolute Gasteiger partial charge is 0.332 e. The number of nitrogens with zero attached hydrogens (tertiary/aromatic N) is 5. The van der Waals surface area contributed by atoms with E-state index in [1.165, 1.54) is 15.9 Å². The van der Waals surface area contributed by atoms with E-state index in [1.54, 1.807) is 11.6 Å². The quantitative estimate of drug-likeness (QED) is 0.472. The minimum atomic E-state index is -0.484. The van der Waals surface area contributed by atoms with Gasteiger partial charge in [-0.2, -0.15) is 4.98 Å². The van der Waals surface area contributed by atoms with E-state index in [2.05, 4.69) is 9.97 Å². The molecule has 4 rings (SSSR count). The average Bonchev–Trinajstić information content (AvgIpc) is 3.30. The molecule has 0 amide bonds. The molecule has 0 saturated heterocycles. The molecule has 10 heteroatoms. The Hall–Kier alpha value is -3.24. The number of ether oxygens (including phenoxy) is 1. The number of benzene rings is 1. The van der Waals surface area contributed by atoms with Gasteiger partial charge in [-0.3, -0.25) is 18.5 Å². The van der Waals surface area contributed by atoms with Crippen molar-refractivity contribution < 1.29 is 9.84 Å². The van der Waals surface area contributed by atoms with Gasteiger partial charge in [0, 0.05) is 31.3 Å². The van der Waals surface area contributed by atoms with Crippen LogP contribution >= 0.6 is 11.3 Å². The lowest BCUT2D eigenvalue weighted by Gasteiger charge is -2.10. The molecule has 0 fully saturated rings. The highest BCUT2D eigenvalue weighted by Crippen LogP contribution is 2.26. The van der Waals surface area contributed by atoms with Gasteiger partial charge in [-0.05, 0) is 38.0 Å². The van der Waals surface area contributed by atoms with E-state index in [0.29, 0.717) is 12.2 Å². The molecule has 9 nitrogen and oxygen atoms in total. The number of thiazole rings is 1. The largest absolute Gasteiger partial charge is 0.425 e. The molecule has 0 bridgehead atoms. The van der Waals surface area contributed by atoms with E-state index in [4.69, 9.17) is 9.84 Å². The number of hydrogen-bond acceptors (Lipinski definition) is 7. The van der Waals surface area contributed by atoms with Gasteiger partial charge < -0.3 is 9.84 Å². The van der Waals surface area contributed by atoms with Crippen molar-refractivity contribution >= 4 is 22.5 Å². The molecular formula is C21H23N5O4S. The van der Waals surface area contributed by atoms with Crippen LogP contribution in [0.4, 0.5) is 0 Å². The summed E-state index contributed by atoms with van der Waals surface area (Å²) in [6, 6.07) is 7.72. The summed E-state index contributed by atoms with van der Waals surface area (Å²) in [6.45, 7) is 4.14. The van der Waals surface area contributed by atoms with Crippen LogP contribution in [0.3, 0.4) is 0 Å². The van der Waals surface area contributed by atoms with Gasteiger partial charge in [0.15, 0.2) is 11.2 Å². The molecule has 1 N–H and O–H groups in total. The predicted octanol–water partition coefficient (Wildman–Crippen LogP) is 2.19.